The lowest BCUT2D eigenvalue weighted by atomic mass is 10.0. The first-order chi connectivity index (χ1) is 16.0. The number of aliphatic hydroxyl groups is 1. The molecule has 3 rings (SSSR count). The van der Waals surface area contributed by atoms with E-state index in [0.29, 0.717) is 28.3 Å². The second-order valence-corrected chi connectivity index (χ2v) is 8.93. The summed E-state index contributed by atoms with van der Waals surface area (Å²) in [6.45, 7) is 3.50. The van der Waals surface area contributed by atoms with Crippen LogP contribution in [-0.2, 0) is 12.7 Å². The number of aliphatic hydroxyl groups excluding tert-OH is 1. The highest BCUT2D eigenvalue weighted by atomic mass is 35.5. The number of halogens is 6. The number of hydrogen-bond acceptors (Lipinski definition) is 3. The van der Waals surface area contributed by atoms with Gasteiger partial charge in [-0.2, -0.15) is 13.2 Å². The number of hydrogen-bond donors (Lipinski definition) is 1. The Morgan fingerprint density at radius 2 is 1.71 bits per heavy atom. The van der Waals surface area contributed by atoms with Gasteiger partial charge in [-0.25, -0.2) is 4.39 Å². The topological polar surface area (TPSA) is 32.7 Å². The average Bonchev–Trinajstić information content (AvgIpc) is 2.77. The van der Waals surface area contributed by atoms with E-state index in [2.05, 4.69) is 0 Å². The maximum absolute atomic E-state index is 14.5. The van der Waals surface area contributed by atoms with Crippen LogP contribution in [0.5, 0.6) is 11.5 Å². The van der Waals surface area contributed by atoms with Crippen LogP contribution in [0, 0.1) is 11.7 Å². The molecule has 9 heteroatoms. The zero-order valence-electron chi connectivity index (χ0n) is 18.4. The first-order valence-corrected chi connectivity index (χ1v) is 11.2. The van der Waals surface area contributed by atoms with Crippen molar-refractivity contribution in [1.29, 1.82) is 0 Å². The predicted octanol–water partition coefficient (Wildman–Crippen LogP) is 7.97. The van der Waals surface area contributed by atoms with Gasteiger partial charge in [-0.15, -0.1) is 0 Å². The molecule has 3 nitrogen and oxygen atoms in total. The Morgan fingerprint density at radius 1 is 1.00 bits per heavy atom. The Hall–Kier alpha value is -2.48. The predicted molar refractivity (Wildman–Crippen MR) is 126 cm³/mol. The minimum absolute atomic E-state index is 0.0642. The number of alkyl halides is 3. The lowest BCUT2D eigenvalue weighted by Gasteiger charge is -2.29. The van der Waals surface area contributed by atoms with Gasteiger partial charge in [0.15, 0.2) is 0 Å². The number of benzene rings is 3. The Kier molecular flexibility index (Phi) is 8.34. The quantitative estimate of drug-likeness (QED) is 0.308. The molecule has 0 amide bonds. The summed E-state index contributed by atoms with van der Waals surface area (Å²) in [5, 5.41) is 11.0. The van der Waals surface area contributed by atoms with Gasteiger partial charge in [0.05, 0.1) is 16.7 Å². The molecule has 0 spiro atoms. The van der Waals surface area contributed by atoms with E-state index < -0.39 is 23.7 Å². The van der Waals surface area contributed by atoms with Crippen LogP contribution < -0.4 is 9.64 Å². The lowest BCUT2D eigenvalue weighted by Crippen LogP contribution is -2.35. The smallest absolute Gasteiger partial charge is 0.416 e. The van der Waals surface area contributed by atoms with Crippen LogP contribution in [0.4, 0.5) is 23.2 Å². The Balaban J connectivity index is 1.95. The summed E-state index contributed by atoms with van der Waals surface area (Å²) < 4.78 is 59.9. The zero-order valence-corrected chi connectivity index (χ0v) is 19.9. The van der Waals surface area contributed by atoms with E-state index in [0.717, 1.165) is 12.1 Å². The van der Waals surface area contributed by atoms with E-state index in [9.17, 15) is 22.7 Å². The molecule has 1 unspecified atom stereocenters. The Morgan fingerprint density at radius 3 is 2.38 bits per heavy atom. The fourth-order valence-corrected chi connectivity index (χ4v) is 3.54. The molecule has 0 fully saturated rings. The molecule has 182 valence electrons. The summed E-state index contributed by atoms with van der Waals surface area (Å²) in [7, 11) is 0. The molecule has 1 N–H and O–H groups in total. The highest BCUT2D eigenvalue weighted by molar-refractivity contribution is 6.42. The van der Waals surface area contributed by atoms with Crippen LogP contribution in [-0.4, -0.2) is 17.8 Å². The second kappa shape index (κ2) is 10.8. The second-order valence-electron chi connectivity index (χ2n) is 8.15. The first kappa shape index (κ1) is 26.1. The van der Waals surface area contributed by atoms with Crippen LogP contribution in [0.25, 0.3) is 0 Å². The van der Waals surface area contributed by atoms with Crippen LogP contribution in [0.2, 0.25) is 10.0 Å². The lowest BCUT2D eigenvalue weighted by molar-refractivity contribution is -0.137. The van der Waals surface area contributed by atoms with E-state index in [1.54, 1.807) is 47.4 Å². The highest BCUT2D eigenvalue weighted by Gasteiger charge is 2.31. The molecule has 0 bridgehead atoms. The van der Waals surface area contributed by atoms with E-state index in [4.69, 9.17) is 27.9 Å². The van der Waals surface area contributed by atoms with Gasteiger partial charge in [0, 0.05) is 30.4 Å². The summed E-state index contributed by atoms with van der Waals surface area (Å²) in [6, 6.07) is 13.9. The molecule has 0 saturated carbocycles. The Labute approximate surface area is 205 Å². The summed E-state index contributed by atoms with van der Waals surface area (Å²) in [4.78, 5) is 1.61. The van der Waals surface area contributed by atoms with Gasteiger partial charge in [0.1, 0.15) is 22.3 Å². The van der Waals surface area contributed by atoms with E-state index in [1.165, 1.54) is 0 Å². The molecule has 1 atom stereocenters. The van der Waals surface area contributed by atoms with Crippen molar-refractivity contribution in [2.24, 2.45) is 5.92 Å². The molecular formula is C25H23Cl2F4NO2. The SMILES string of the molecule is CC(C)C(O)CN(Cc1cc(C(F)(F)F)ccc1F)c1cccc(Oc2cccc(Cl)c2Cl)c1. The molecule has 3 aromatic rings. The van der Waals surface area contributed by atoms with Crippen molar-refractivity contribution in [3.63, 3.8) is 0 Å². The number of rotatable bonds is 8. The summed E-state index contributed by atoms with van der Waals surface area (Å²) >= 11 is 12.2. The molecule has 0 heterocycles. The molecule has 0 aromatic heterocycles. The fourth-order valence-electron chi connectivity index (χ4n) is 3.21. The first-order valence-electron chi connectivity index (χ1n) is 10.5. The molecule has 0 radical (unpaired) electrons. The average molecular weight is 516 g/mol. The largest absolute Gasteiger partial charge is 0.456 e. The number of nitrogens with zero attached hydrogens (tertiary/aromatic N) is 1. The third kappa shape index (κ3) is 6.56. The molecule has 3 aromatic carbocycles. The van der Waals surface area contributed by atoms with Gasteiger partial charge in [-0.3, -0.25) is 0 Å². The van der Waals surface area contributed by atoms with Crippen molar-refractivity contribution in [1.82, 2.24) is 0 Å². The monoisotopic (exact) mass is 515 g/mol. The van der Waals surface area contributed by atoms with Gasteiger partial charge in [0.25, 0.3) is 0 Å². The van der Waals surface area contributed by atoms with Crippen LogP contribution in [0.3, 0.4) is 0 Å². The molecule has 0 aliphatic heterocycles. The normalized spacial score (nSPS) is 12.6. The van der Waals surface area contributed by atoms with Gasteiger partial charge in [-0.05, 0) is 48.4 Å². The summed E-state index contributed by atoms with van der Waals surface area (Å²) in [6.07, 6.45) is -5.41. The summed E-state index contributed by atoms with van der Waals surface area (Å²) in [5.41, 5.74) is -0.567. The molecule has 0 aliphatic carbocycles. The van der Waals surface area contributed by atoms with E-state index in [-0.39, 0.29) is 29.6 Å². The fraction of sp³-hybridized carbons (Fsp3) is 0.280. The number of anilines is 1. The third-order valence-electron chi connectivity index (χ3n) is 5.24. The van der Waals surface area contributed by atoms with Crippen LogP contribution in [0.1, 0.15) is 25.0 Å². The van der Waals surface area contributed by atoms with Crippen LogP contribution >= 0.6 is 23.2 Å². The van der Waals surface area contributed by atoms with Crippen molar-refractivity contribution < 1.29 is 27.4 Å². The number of ether oxygens (including phenoxy) is 1. The van der Waals surface area contributed by atoms with Gasteiger partial charge < -0.3 is 14.7 Å². The van der Waals surface area contributed by atoms with Gasteiger partial charge in [-0.1, -0.05) is 49.2 Å². The van der Waals surface area contributed by atoms with Crippen molar-refractivity contribution in [3.05, 3.63) is 87.7 Å². The third-order valence-corrected chi connectivity index (χ3v) is 6.04. The maximum atomic E-state index is 14.5. The van der Waals surface area contributed by atoms with Crippen molar-refractivity contribution in [2.45, 2.75) is 32.7 Å². The maximum Gasteiger partial charge on any atom is 0.416 e. The minimum Gasteiger partial charge on any atom is -0.456 e. The molecule has 34 heavy (non-hydrogen) atoms. The van der Waals surface area contributed by atoms with E-state index in [1.807, 2.05) is 13.8 Å². The standard InChI is InChI=1S/C25H23Cl2F4NO2/c1-15(2)22(33)14-32(13-16-11-17(25(29,30)31)9-10-21(16)28)18-5-3-6-19(12-18)34-23-8-4-7-20(26)24(23)27/h3-12,15,22,33H,13-14H2,1-2H3. The molecule has 0 aliphatic rings. The summed E-state index contributed by atoms with van der Waals surface area (Å²) in [5.74, 6) is -0.187. The minimum atomic E-state index is -4.60. The zero-order chi connectivity index (χ0) is 25.0. The highest BCUT2D eigenvalue weighted by Crippen LogP contribution is 2.36. The van der Waals surface area contributed by atoms with Crippen molar-refractivity contribution in [2.75, 3.05) is 11.4 Å². The Bertz CT molecular complexity index is 1140. The van der Waals surface area contributed by atoms with E-state index >= 15 is 0 Å². The van der Waals surface area contributed by atoms with Crippen molar-refractivity contribution in [3.8, 4) is 11.5 Å². The van der Waals surface area contributed by atoms with Gasteiger partial charge >= 0.3 is 6.18 Å². The molecular weight excluding hydrogens is 493 g/mol. The van der Waals surface area contributed by atoms with Crippen molar-refractivity contribution >= 4 is 28.9 Å². The van der Waals surface area contributed by atoms with Gasteiger partial charge in [0.2, 0.25) is 0 Å². The van der Waals surface area contributed by atoms with Crippen LogP contribution in [0.15, 0.2) is 60.7 Å². The molecule has 0 saturated heterocycles.